The Morgan fingerprint density at radius 1 is 1.11 bits per heavy atom. The monoisotopic (exact) mass is 518 g/mol. The molecule has 4 atom stereocenters. The summed E-state index contributed by atoms with van der Waals surface area (Å²) in [7, 11) is 0. The number of imide groups is 1. The van der Waals surface area contributed by atoms with Crippen LogP contribution in [-0.4, -0.2) is 78.9 Å². The zero-order chi connectivity index (χ0) is 27.0. The quantitative estimate of drug-likeness (QED) is 0.359. The van der Waals surface area contributed by atoms with Gasteiger partial charge in [0.1, 0.15) is 6.10 Å². The number of aromatic nitrogens is 4. The highest BCUT2D eigenvalue weighted by molar-refractivity contribution is 6.02. The summed E-state index contributed by atoms with van der Waals surface area (Å²) in [5, 5.41) is 2.50. The van der Waals surface area contributed by atoms with E-state index in [9.17, 15) is 28.8 Å². The van der Waals surface area contributed by atoms with Crippen molar-refractivity contribution in [2.45, 2.75) is 65.1 Å². The summed E-state index contributed by atoms with van der Waals surface area (Å²) >= 11 is 0. The van der Waals surface area contributed by atoms with E-state index in [1.54, 1.807) is 13.8 Å². The van der Waals surface area contributed by atoms with Gasteiger partial charge in [-0.3, -0.25) is 48.5 Å². The second-order valence-electron chi connectivity index (χ2n) is 8.99. The molecule has 2 aromatic rings. The van der Waals surface area contributed by atoms with Gasteiger partial charge in [-0.15, -0.1) is 0 Å². The Kier molecular flexibility index (Phi) is 7.07. The zero-order valence-electron chi connectivity index (χ0n) is 20.5. The van der Waals surface area contributed by atoms with Crippen LogP contribution >= 0.6 is 0 Å². The normalized spacial score (nSPS) is 23.6. The van der Waals surface area contributed by atoms with Crippen molar-refractivity contribution in [1.82, 2.24) is 24.4 Å². The van der Waals surface area contributed by atoms with Crippen LogP contribution in [0.15, 0.2) is 11.1 Å². The molecule has 2 aliphatic heterocycles. The number of ether oxygens (including phenoxy) is 3. The van der Waals surface area contributed by atoms with Gasteiger partial charge < -0.3 is 14.2 Å². The molecule has 2 fully saturated rings. The van der Waals surface area contributed by atoms with Gasteiger partial charge in [-0.2, -0.15) is 4.98 Å². The maximum absolute atomic E-state index is 12.6. The van der Waals surface area contributed by atoms with Crippen LogP contribution in [0.2, 0.25) is 0 Å². The van der Waals surface area contributed by atoms with Gasteiger partial charge in [0.05, 0.1) is 12.9 Å². The Hall–Kier alpha value is -4.14. The van der Waals surface area contributed by atoms with Gasteiger partial charge in [0.15, 0.2) is 29.6 Å². The number of amides is 3. The lowest BCUT2D eigenvalue weighted by Gasteiger charge is -2.25. The summed E-state index contributed by atoms with van der Waals surface area (Å²) in [5.74, 6) is -3.16. The number of carbonyl (C=O) groups is 5. The number of carbonyl (C=O) groups excluding carboxylic acids is 5. The molecule has 198 valence electrons. The van der Waals surface area contributed by atoms with E-state index in [0.29, 0.717) is 0 Å². The van der Waals surface area contributed by atoms with Crippen molar-refractivity contribution in [3.05, 3.63) is 16.7 Å². The number of rotatable bonds is 7. The van der Waals surface area contributed by atoms with E-state index >= 15 is 0 Å². The first-order chi connectivity index (χ1) is 17.5. The van der Waals surface area contributed by atoms with Crippen LogP contribution in [0.1, 0.15) is 46.8 Å². The van der Waals surface area contributed by atoms with E-state index in [1.165, 1.54) is 10.9 Å². The first-order valence-electron chi connectivity index (χ1n) is 11.6. The molecule has 0 spiro atoms. The SMILES string of the molecule is CC(=O)O[C@@H]1[C@H](OC(C)=O)[C@@H](CN2C(=O)CCC2=O)O[C@H]1n1cnc2c(=O)[nH]c(NC(=O)C(C)C)nc21. The molecule has 0 saturated carbocycles. The van der Waals surface area contributed by atoms with Crippen LogP contribution < -0.4 is 10.9 Å². The average Bonchev–Trinajstić information content (AvgIpc) is 3.46. The minimum Gasteiger partial charge on any atom is -0.456 e. The van der Waals surface area contributed by atoms with Gasteiger partial charge in [-0.1, -0.05) is 13.8 Å². The molecule has 0 bridgehead atoms. The van der Waals surface area contributed by atoms with Crippen molar-refractivity contribution in [3.63, 3.8) is 0 Å². The molecule has 2 aliphatic rings. The van der Waals surface area contributed by atoms with Crippen molar-refractivity contribution >= 4 is 46.8 Å². The minimum atomic E-state index is -1.24. The van der Waals surface area contributed by atoms with Crippen molar-refractivity contribution < 1.29 is 38.2 Å². The summed E-state index contributed by atoms with van der Waals surface area (Å²) in [6.45, 7) is 5.38. The smallest absolute Gasteiger partial charge is 0.303 e. The van der Waals surface area contributed by atoms with E-state index in [-0.39, 0.29) is 36.5 Å². The first kappa shape index (κ1) is 25.9. The molecule has 0 aliphatic carbocycles. The van der Waals surface area contributed by atoms with Crippen LogP contribution in [0.5, 0.6) is 0 Å². The molecular weight excluding hydrogens is 492 g/mol. The first-order valence-corrected chi connectivity index (χ1v) is 11.6. The predicted molar refractivity (Wildman–Crippen MR) is 123 cm³/mol. The number of aromatic amines is 1. The Labute approximate surface area is 209 Å². The van der Waals surface area contributed by atoms with Crippen LogP contribution in [0.3, 0.4) is 0 Å². The van der Waals surface area contributed by atoms with E-state index < -0.39 is 65.7 Å². The summed E-state index contributed by atoms with van der Waals surface area (Å²) in [5.41, 5.74) is -0.753. The van der Waals surface area contributed by atoms with Crippen molar-refractivity contribution in [1.29, 1.82) is 0 Å². The van der Waals surface area contributed by atoms with E-state index in [4.69, 9.17) is 14.2 Å². The summed E-state index contributed by atoms with van der Waals surface area (Å²) in [6, 6.07) is 0. The Balaban J connectivity index is 1.76. The Morgan fingerprint density at radius 3 is 2.32 bits per heavy atom. The Morgan fingerprint density at radius 2 is 1.73 bits per heavy atom. The molecule has 2 N–H and O–H groups in total. The number of nitrogens with zero attached hydrogens (tertiary/aromatic N) is 4. The second-order valence-corrected chi connectivity index (χ2v) is 8.99. The topological polar surface area (TPSA) is 192 Å². The van der Waals surface area contributed by atoms with E-state index in [0.717, 1.165) is 18.7 Å². The number of hydrogen-bond acceptors (Lipinski definition) is 11. The molecule has 4 heterocycles. The number of imidazole rings is 1. The largest absolute Gasteiger partial charge is 0.456 e. The molecule has 3 amide bonds. The van der Waals surface area contributed by atoms with Crippen LogP contribution in [0.4, 0.5) is 5.95 Å². The lowest BCUT2D eigenvalue weighted by atomic mass is 10.1. The van der Waals surface area contributed by atoms with Crippen LogP contribution in [-0.2, 0) is 38.2 Å². The summed E-state index contributed by atoms with van der Waals surface area (Å²) in [6.07, 6.45) is -3.41. The molecule has 0 radical (unpaired) electrons. The number of fused-ring (bicyclic) bond motifs is 1. The van der Waals surface area contributed by atoms with Gasteiger partial charge in [0.2, 0.25) is 23.7 Å². The number of hydrogen-bond donors (Lipinski definition) is 2. The molecular formula is C22H26N6O9. The lowest BCUT2D eigenvalue weighted by molar-refractivity contribution is -0.165. The second kappa shape index (κ2) is 10.1. The van der Waals surface area contributed by atoms with Crippen LogP contribution in [0.25, 0.3) is 11.2 Å². The predicted octanol–water partition coefficient (Wildman–Crippen LogP) is -0.376. The number of esters is 2. The Bertz CT molecular complexity index is 1320. The third kappa shape index (κ3) is 5.21. The minimum absolute atomic E-state index is 0.0134. The molecule has 0 unspecified atom stereocenters. The zero-order valence-corrected chi connectivity index (χ0v) is 20.5. The molecule has 4 rings (SSSR count). The molecule has 15 heteroatoms. The van der Waals surface area contributed by atoms with Crippen molar-refractivity contribution in [2.24, 2.45) is 5.92 Å². The van der Waals surface area contributed by atoms with Gasteiger partial charge >= 0.3 is 11.9 Å². The lowest BCUT2D eigenvalue weighted by Crippen LogP contribution is -2.45. The van der Waals surface area contributed by atoms with Crippen molar-refractivity contribution in [2.75, 3.05) is 11.9 Å². The highest BCUT2D eigenvalue weighted by atomic mass is 16.6. The average molecular weight is 518 g/mol. The molecule has 2 saturated heterocycles. The van der Waals surface area contributed by atoms with E-state index in [1.807, 2.05) is 0 Å². The molecule has 0 aromatic carbocycles. The maximum Gasteiger partial charge on any atom is 0.303 e. The fourth-order valence-electron chi connectivity index (χ4n) is 4.17. The highest BCUT2D eigenvalue weighted by Crippen LogP contribution is 2.36. The van der Waals surface area contributed by atoms with E-state index in [2.05, 4.69) is 20.3 Å². The fraction of sp³-hybridized carbons (Fsp3) is 0.545. The molecule has 15 nitrogen and oxygen atoms in total. The number of anilines is 1. The van der Waals surface area contributed by atoms with Crippen molar-refractivity contribution in [3.8, 4) is 0 Å². The number of H-pyrrole nitrogens is 1. The summed E-state index contributed by atoms with van der Waals surface area (Å²) in [4.78, 5) is 84.9. The van der Waals surface area contributed by atoms with Crippen LogP contribution in [0, 0.1) is 5.92 Å². The van der Waals surface area contributed by atoms with Gasteiger partial charge in [-0.25, -0.2) is 4.98 Å². The van der Waals surface area contributed by atoms with Gasteiger partial charge in [0, 0.05) is 32.6 Å². The third-order valence-electron chi connectivity index (χ3n) is 5.88. The third-order valence-corrected chi connectivity index (χ3v) is 5.88. The maximum atomic E-state index is 12.6. The molecule has 37 heavy (non-hydrogen) atoms. The van der Waals surface area contributed by atoms with Gasteiger partial charge in [-0.05, 0) is 0 Å². The number of likely N-dealkylation sites (tertiary alicyclic amines) is 1. The number of nitrogens with one attached hydrogen (secondary N) is 2. The summed E-state index contributed by atoms with van der Waals surface area (Å²) < 4.78 is 18.2. The standard InChI is InChI=1S/C22H26N6O9/c1-9(2)19(33)25-22-24-18-15(20(34)26-22)23-8-28(18)21-17(36-11(4)30)16(35-10(3)29)12(37-21)7-27-13(31)5-6-14(27)32/h8-9,12,16-17,21H,5-7H2,1-4H3,(H2,24,25,26,33,34)/t12-,16-,17-,21-/m1/s1. The van der Waals surface area contributed by atoms with Gasteiger partial charge in [0.25, 0.3) is 5.56 Å². The molecule has 2 aromatic heterocycles. The fourth-order valence-corrected chi connectivity index (χ4v) is 4.17. The highest BCUT2D eigenvalue weighted by Gasteiger charge is 2.52.